The van der Waals surface area contributed by atoms with Gasteiger partial charge in [0.15, 0.2) is 5.78 Å². The average molecular weight is 195 g/mol. The lowest BCUT2D eigenvalue weighted by molar-refractivity contribution is -0.140. The van der Waals surface area contributed by atoms with Crippen LogP contribution >= 0.6 is 0 Å². The maximum atomic E-state index is 12.0. The van der Waals surface area contributed by atoms with E-state index in [9.17, 15) is 9.59 Å². The minimum atomic E-state index is -1.03. The Hall–Kier alpha value is -1.71. The Morgan fingerprint density at radius 1 is 1.71 bits per heavy atom. The van der Waals surface area contributed by atoms with E-state index in [0.29, 0.717) is 0 Å². The number of hydrogen-bond acceptors (Lipinski definition) is 4. The fraction of sp³-hybridized carbons (Fsp3) is 0.300. The van der Waals surface area contributed by atoms with Gasteiger partial charge in [-0.05, 0) is 12.1 Å². The standard InChI is InChI=1S/C10H9NO3/c12-9(7-2-1-4-11-6-7)8-3-5-14-10(8)13/h1-2,4,6,8H,3,5H2/i1D,2D,4D,6D. The van der Waals surface area contributed by atoms with Gasteiger partial charge in [-0.2, -0.15) is 0 Å². The summed E-state index contributed by atoms with van der Waals surface area (Å²) in [5.41, 5.74) is -0.389. The molecule has 1 unspecified atom stereocenters. The van der Waals surface area contributed by atoms with E-state index >= 15 is 0 Å². The van der Waals surface area contributed by atoms with Crippen molar-refractivity contribution in [2.45, 2.75) is 6.42 Å². The molecule has 1 atom stereocenters. The zero-order valence-corrected chi connectivity index (χ0v) is 7.16. The van der Waals surface area contributed by atoms with Gasteiger partial charge < -0.3 is 4.74 Å². The Kier molecular flexibility index (Phi) is 1.34. The van der Waals surface area contributed by atoms with Crippen molar-refractivity contribution in [3.05, 3.63) is 30.0 Å². The van der Waals surface area contributed by atoms with Crippen molar-refractivity contribution in [3.8, 4) is 0 Å². The lowest BCUT2D eigenvalue weighted by Gasteiger charge is -2.03. The van der Waals surface area contributed by atoms with Crippen LogP contribution in [0.1, 0.15) is 22.3 Å². The number of carbonyl (C=O) groups is 2. The second kappa shape index (κ2) is 3.57. The maximum absolute atomic E-state index is 12.0. The van der Waals surface area contributed by atoms with E-state index in [1.165, 1.54) is 0 Å². The first kappa shape index (κ1) is 5.24. The molecule has 1 saturated heterocycles. The Morgan fingerprint density at radius 3 is 3.29 bits per heavy atom. The fourth-order valence-electron chi connectivity index (χ4n) is 1.26. The minimum Gasteiger partial charge on any atom is -0.465 e. The predicted octanol–water partition coefficient (Wildman–Crippen LogP) is 0.827. The van der Waals surface area contributed by atoms with Crippen LogP contribution in [-0.4, -0.2) is 23.3 Å². The summed E-state index contributed by atoms with van der Waals surface area (Å²) in [5, 5.41) is 0. The highest BCUT2D eigenvalue weighted by Crippen LogP contribution is 2.19. The van der Waals surface area contributed by atoms with E-state index in [0.717, 1.165) is 0 Å². The molecule has 1 aromatic heterocycles. The van der Waals surface area contributed by atoms with Gasteiger partial charge >= 0.3 is 5.97 Å². The lowest BCUT2D eigenvalue weighted by Crippen LogP contribution is -2.19. The Balaban J connectivity index is 2.48. The summed E-state index contributed by atoms with van der Waals surface area (Å²) in [6.45, 7) is 0.133. The number of aromatic nitrogens is 1. The highest BCUT2D eigenvalue weighted by atomic mass is 16.5. The number of nitrogens with zero attached hydrogens (tertiary/aromatic N) is 1. The van der Waals surface area contributed by atoms with Gasteiger partial charge in [-0.25, -0.2) is 0 Å². The van der Waals surface area contributed by atoms with Crippen LogP contribution in [-0.2, 0) is 9.53 Å². The quantitative estimate of drug-likeness (QED) is 0.398. The third kappa shape index (κ3) is 1.51. The number of cyclic esters (lactones) is 1. The molecule has 2 heterocycles. The van der Waals surface area contributed by atoms with Crippen LogP contribution in [0.3, 0.4) is 0 Å². The van der Waals surface area contributed by atoms with Crippen molar-refractivity contribution in [1.82, 2.24) is 4.98 Å². The summed E-state index contributed by atoms with van der Waals surface area (Å²) in [6, 6.07) is -1.06. The highest BCUT2D eigenvalue weighted by Gasteiger charge is 2.33. The van der Waals surface area contributed by atoms with Gasteiger partial charge in [0, 0.05) is 24.3 Å². The average Bonchev–Trinajstić information content (AvgIpc) is 2.72. The molecular formula is C10H9NO3. The largest absolute Gasteiger partial charge is 0.465 e. The Bertz CT molecular complexity index is 546. The van der Waals surface area contributed by atoms with E-state index < -0.39 is 42.1 Å². The third-order valence-electron chi connectivity index (χ3n) is 1.97. The third-order valence-corrected chi connectivity index (χ3v) is 1.97. The summed E-state index contributed by atoms with van der Waals surface area (Å²) < 4.78 is 34.4. The molecule has 0 bridgehead atoms. The van der Waals surface area contributed by atoms with E-state index in [1.807, 2.05) is 0 Å². The molecule has 72 valence electrons. The molecule has 0 radical (unpaired) electrons. The van der Waals surface area contributed by atoms with Crippen LogP contribution in [0.25, 0.3) is 0 Å². The topological polar surface area (TPSA) is 56.3 Å². The van der Waals surface area contributed by atoms with Crippen molar-refractivity contribution >= 4 is 11.8 Å². The van der Waals surface area contributed by atoms with Gasteiger partial charge in [0.1, 0.15) is 5.92 Å². The second-order valence-electron chi connectivity index (χ2n) is 2.83. The summed E-state index contributed by atoms with van der Waals surface area (Å²) in [5.74, 6) is -2.44. The van der Waals surface area contributed by atoms with Crippen LogP contribution < -0.4 is 0 Å². The molecule has 4 nitrogen and oxygen atoms in total. The van der Waals surface area contributed by atoms with Crippen LogP contribution in [0.5, 0.6) is 0 Å². The molecule has 0 spiro atoms. The smallest absolute Gasteiger partial charge is 0.316 e. The fourth-order valence-corrected chi connectivity index (χ4v) is 1.26. The molecule has 1 fully saturated rings. The Labute approximate surface area is 86.5 Å². The number of Topliss-reactive ketones (excluding diaryl/α,β-unsaturated/α-hetero) is 1. The van der Waals surface area contributed by atoms with Gasteiger partial charge in [-0.1, -0.05) is 0 Å². The maximum Gasteiger partial charge on any atom is 0.316 e. The van der Waals surface area contributed by atoms with Crippen LogP contribution in [0.4, 0.5) is 0 Å². The van der Waals surface area contributed by atoms with Crippen LogP contribution in [0.2, 0.25) is 0 Å². The first-order valence-electron chi connectivity index (χ1n) is 6.08. The molecule has 0 saturated carbocycles. The van der Waals surface area contributed by atoms with Gasteiger partial charge in [-0.15, -0.1) is 0 Å². The van der Waals surface area contributed by atoms with Crippen LogP contribution in [0, 0.1) is 5.92 Å². The molecule has 14 heavy (non-hydrogen) atoms. The Morgan fingerprint density at radius 2 is 2.57 bits per heavy atom. The van der Waals surface area contributed by atoms with Crippen molar-refractivity contribution in [2.75, 3.05) is 6.61 Å². The molecule has 4 heteroatoms. The van der Waals surface area contributed by atoms with Gasteiger partial charge in [-0.3, -0.25) is 14.6 Å². The number of carbonyl (C=O) groups excluding carboxylic acids is 2. The van der Waals surface area contributed by atoms with E-state index in [2.05, 4.69) is 9.72 Å². The number of ether oxygens (including phenoxy) is 1. The van der Waals surface area contributed by atoms with Gasteiger partial charge in [0.25, 0.3) is 0 Å². The summed E-state index contributed by atoms with van der Waals surface area (Å²) >= 11 is 0. The lowest BCUT2D eigenvalue weighted by atomic mass is 9.98. The first-order valence-corrected chi connectivity index (χ1v) is 4.08. The molecule has 0 aliphatic carbocycles. The van der Waals surface area contributed by atoms with E-state index in [4.69, 9.17) is 5.48 Å². The predicted molar refractivity (Wildman–Crippen MR) is 47.6 cm³/mol. The molecule has 0 amide bonds. The first-order chi connectivity index (χ1) is 8.43. The van der Waals surface area contributed by atoms with Crippen molar-refractivity contribution in [3.63, 3.8) is 0 Å². The number of ketones is 1. The van der Waals surface area contributed by atoms with Gasteiger partial charge in [0.2, 0.25) is 0 Å². The number of esters is 1. The van der Waals surface area contributed by atoms with Gasteiger partial charge in [0.05, 0.1) is 12.1 Å². The number of hydrogen-bond donors (Lipinski definition) is 0. The molecule has 1 aliphatic heterocycles. The molecular weight excluding hydrogens is 182 g/mol. The molecule has 1 aliphatic rings. The van der Waals surface area contributed by atoms with E-state index in [-0.39, 0.29) is 18.6 Å². The highest BCUT2D eigenvalue weighted by molar-refractivity contribution is 6.09. The monoisotopic (exact) mass is 195 g/mol. The summed E-state index contributed by atoms with van der Waals surface area (Å²) in [4.78, 5) is 26.7. The minimum absolute atomic E-state index is 0.133. The van der Waals surface area contributed by atoms with Crippen LogP contribution in [0.15, 0.2) is 24.4 Å². The normalized spacial score (nSPS) is 24.6. The van der Waals surface area contributed by atoms with Crippen molar-refractivity contribution < 1.29 is 19.8 Å². The summed E-state index contributed by atoms with van der Waals surface area (Å²) in [6.07, 6.45) is -0.881. The molecule has 0 aromatic carbocycles. The zero-order chi connectivity index (χ0) is 13.4. The molecule has 1 aromatic rings. The van der Waals surface area contributed by atoms with Crippen molar-refractivity contribution in [1.29, 1.82) is 0 Å². The number of pyridine rings is 1. The molecule has 2 rings (SSSR count). The SMILES string of the molecule is [2H]c1nc([2H])c(C(=O)C2CCOC2=O)c([2H])c1[2H]. The zero-order valence-electron chi connectivity index (χ0n) is 11.2. The molecule has 0 N–H and O–H groups in total. The van der Waals surface area contributed by atoms with E-state index in [1.54, 1.807) is 0 Å². The summed E-state index contributed by atoms with van der Waals surface area (Å²) in [7, 11) is 0. The number of rotatable bonds is 2. The second-order valence-corrected chi connectivity index (χ2v) is 2.83. The van der Waals surface area contributed by atoms with Crippen molar-refractivity contribution in [2.24, 2.45) is 5.92 Å².